The van der Waals surface area contributed by atoms with Crippen LogP contribution in [0.15, 0.2) is 35.3 Å². The lowest BCUT2D eigenvalue weighted by molar-refractivity contribution is -0.0320. The van der Waals surface area contributed by atoms with E-state index in [9.17, 15) is 0 Å². The minimum Gasteiger partial charge on any atom is -0.381 e. The van der Waals surface area contributed by atoms with E-state index in [-0.39, 0.29) is 24.0 Å². The van der Waals surface area contributed by atoms with Crippen LogP contribution < -0.4 is 10.6 Å². The molecule has 2 aliphatic rings. The Kier molecular flexibility index (Phi) is 11.9. The number of hydrogen-bond acceptors (Lipinski definition) is 4. The van der Waals surface area contributed by atoms with Gasteiger partial charge in [-0.3, -0.25) is 9.89 Å². The molecule has 29 heavy (non-hydrogen) atoms. The Morgan fingerprint density at radius 1 is 1.14 bits per heavy atom. The fourth-order valence-corrected chi connectivity index (χ4v) is 3.84. The summed E-state index contributed by atoms with van der Waals surface area (Å²) in [4.78, 5) is 6.92. The maximum absolute atomic E-state index is 5.92. The minimum absolute atomic E-state index is 0. The second kappa shape index (κ2) is 14.2. The molecule has 0 aliphatic carbocycles. The monoisotopic (exact) mass is 516 g/mol. The highest BCUT2D eigenvalue weighted by molar-refractivity contribution is 14.0. The van der Waals surface area contributed by atoms with E-state index in [4.69, 9.17) is 9.47 Å². The number of benzene rings is 1. The number of nitrogens with one attached hydrogen (secondary N) is 2. The maximum Gasteiger partial charge on any atom is 0.191 e. The highest BCUT2D eigenvalue weighted by Gasteiger charge is 2.20. The smallest absolute Gasteiger partial charge is 0.191 e. The van der Waals surface area contributed by atoms with Crippen molar-refractivity contribution in [2.75, 3.05) is 46.5 Å². The minimum atomic E-state index is 0. The van der Waals surface area contributed by atoms with Crippen molar-refractivity contribution in [2.24, 2.45) is 4.99 Å². The molecule has 0 spiro atoms. The first-order chi connectivity index (χ1) is 13.8. The van der Waals surface area contributed by atoms with E-state index in [2.05, 4.69) is 50.9 Å². The molecule has 2 fully saturated rings. The van der Waals surface area contributed by atoms with Gasteiger partial charge < -0.3 is 20.1 Å². The van der Waals surface area contributed by atoms with Crippen LogP contribution in [0.4, 0.5) is 0 Å². The van der Waals surface area contributed by atoms with Crippen molar-refractivity contribution in [3.63, 3.8) is 0 Å². The van der Waals surface area contributed by atoms with Crippen molar-refractivity contribution in [3.8, 4) is 0 Å². The van der Waals surface area contributed by atoms with E-state index in [0.717, 1.165) is 84.1 Å². The number of rotatable bonds is 8. The van der Waals surface area contributed by atoms with Crippen LogP contribution >= 0.6 is 24.0 Å². The summed E-state index contributed by atoms with van der Waals surface area (Å²) in [6, 6.07) is 11.2. The van der Waals surface area contributed by atoms with Crippen molar-refractivity contribution in [1.82, 2.24) is 15.5 Å². The van der Waals surface area contributed by atoms with Gasteiger partial charge in [-0.15, -0.1) is 24.0 Å². The van der Waals surface area contributed by atoms with Crippen LogP contribution in [0.5, 0.6) is 0 Å². The zero-order valence-corrected chi connectivity index (χ0v) is 20.0. The van der Waals surface area contributed by atoms with Gasteiger partial charge in [-0.2, -0.15) is 0 Å². The number of guanidine groups is 1. The molecule has 6 nitrogen and oxygen atoms in total. The zero-order chi connectivity index (χ0) is 19.4. The van der Waals surface area contributed by atoms with Gasteiger partial charge in [-0.05, 0) is 37.7 Å². The molecule has 2 N–H and O–H groups in total. The largest absolute Gasteiger partial charge is 0.381 e. The normalized spacial score (nSPS) is 19.6. The summed E-state index contributed by atoms with van der Waals surface area (Å²) < 4.78 is 11.3. The molecule has 0 atom stereocenters. The molecule has 0 unspecified atom stereocenters. The summed E-state index contributed by atoms with van der Waals surface area (Å²) in [6.45, 7) is 6.66. The molecular weight excluding hydrogens is 479 g/mol. The molecule has 164 valence electrons. The topological polar surface area (TPSA) is 58.1 Å². The summed E-state index contributed by atoms with van der Waals surface area (Å²) in [5.74, 6) is 0.910. The summed E-state index contributed by atoms with van der Waals surface area (Å²) in [6.07, 6.45) is 5.74. The number of piperidine rings is 1. The summed E-state index contributed by atoms with van der Waals surface area (Å²) in [5, 5.41) is 7.01. The molecule has 0 bridgehead atoms. The quantitative estimate of drug-likeness (QED) is 0.241. The highest BCUT2D eigenvalue weighted by atomic mass is 127. The van der Waals surface area contributed by atoms with E-state index in [1.54, 1.807) is 0 Å². The summed E-state index contributed by atoms with van der Waals surface area (Å²) >= 11 is 0. The van der Waals surface area contributed by atoms with Crippen LogP contribution in [0.25, 0.3) is 0 Å². The third kappa shape index (κ3) is 9.19. The molecule has 2 aliphatic heterocycles. The molecule has 0 radical (unpaired) electrons. The first-order valence-electron chi connectivity index (χ1n) is 10.8. The predicted molar refractivity (Wildman–Crippen MR) is 129 cm³/mol. The molecule has 1 aromatic rings. The third-order valence-electron chi connectivity index (χ3n) is 5.54. The lowest BCUT2D eigenvalue weighted by atomic mass is 10.0. The van der Waals surface area contributed by atoms with Crippen molar-refractivity contribution < 1.29 is 9.47 Å². The fraction of sp³-hybridized carbons (Fsp3) is 0.682. The Morgan fingerprint density at radius 2 is 1.86 bits per heavy atom. The van der Waals surface area contributed by atoms with Crippen molar-refractivity contribution in [1.29, 1.82) is 0 Å². The van der Waals surface area contributed by atoms with Crippen LogP contribution in [-0.4, -0.2) is 69.5 Å². The number of ether oxygens (including phenoxy) is 2. The molecule has 2 saturated heterocycles. The fourth-order valence-electron chi connectivity index (χ4n) is 3.84. The Morgan fingerprint density at radius 3 is 2.55 bits per heavy atom. The van der Waals surface area contributed by atoms with Crippen LogP contribution in [0.2, 0.25) is 0 Å². The van der Waals surface area contributed by atoms with Gasteiger partial charge in [-0.1, -0.05) is 30.3 Å². The Labute approximate surface area is 192 Å². The van der Waals surface area contributed by atoms with Crippen LogP contribution in [0.1, 0.15) is 37.7 Å². The maximum atomic E-state index is 5.92. The van der Waals surface area contributed by atoms with E-state index in [1.165, 1.54) is 5.56 Å². The molecule has 2 heterocycles. The summed E-state index contributed by atoms with van der Waals surface area (Å²) in [5.41, 5.74) is 1.40. The lowest BCUT2D eigenvalue weighted by Crippen LogP contribution is -2.48. The standard InChI is InChI=1S/C22H36N4O2.HI/c1-23-22(24-12-5-15-28-21-10-16-27-17-11-21)25-20-8-13-26(14-9-20)18-19-6-3-2-4-7-19;/h2-4,6-7,20-21H,5,8-18H2,1H3,(H2,23,24,25);1H. The SMILES string of the molecule is CN=C(NCCCOC1CCOCC1)NC1CCN(Cc2ccccc2)CC1.I. The molecule has 0 amide bonds. The van der Waals surface area contributed by atoms with Crippen LogP contribution in [0, 0.1) is 0 Å². The Balaban J connectivity index is 0.00000300. The third-order valence-corrected chi connectivity index (χ3v) is 5.54. The predicted octanol–water partition coefficient (Wildman–Crippen LogP) is 3.02. The number of halogens is 1. The number of likely N-dealkylation sites (tertiary alicyclic amines) is 1. The van der Waals surface area contributed by atoms with Gasteiger partial charge in [0, 0.05) is 59.1 Å². The van der Waals surface area contributed by atoms with Crippen molar-refractivity contribution in [2.45, 2.75) is 50.8 Å². The zero-order valence-electron chi connectivity index (χ0n) is 17.6. The van der Waals surface area contributed by atoms with Gasteiger partial charge in [0.15, 0.2) is 5.96 Å². The summed E-state index contributed by atoms with van der Waals surface area (Å²) in [7, 11) is 1.85. The van der Waals surface area contributed by atoms with E-state index >= 15 is 0 Å². The first-order valence-corrected chi connectivity index (χ1v) is 10.8. The van der Waals surface area contributed by atoms with Crippen LogP contribution in [-0.2, 0) is 16.0 Å². The average Bonchev–Trinajstić information content (AvgIpc) is 2.75. The van der Waals surface area contributed by atoms with Crippen LogP contribution in [0.3, 0.4) is 0 Å². The molecule has 0 aromatic heterocycles. The number of hydrogen-bond donors (Lipinski definition) is 2. The second-order valence-corrected chi connectivity index (χ2v) is 7.72. The Hall–Kier alpha value is -0.900. The molecule has 7 heteroatoms. The Bertz CT molecular complexity index is 573. The van der Waals surface area contributed by atoms with Gasteiger partial charge in [0.05, 0.1) is 6.10 Å². The van der Waals surface area contributed by atoms with Gasteiger partial charge in [0.2, 0.25) is 0 Å². The number of nitrogens with zero attached hydrogens (tertiary/aromatic N) is 2. The van der Waals surface area contributed by atoms with Gasteiger partial charge >= 0.3 is 0 Å². The number of aliphatic imine (C=N–C) groups is 1. The lowest BCUT2D eigenvalue weighted by Gasteiger charge is -2.33. The van der Waals surface area contributed by atoms with Gasteiger partial charge in [0.1, 0.15) is 0 Å². The van der Waals surface area contributed by atoms with Crippen molar-refractivity contribution >= 4 is 29.9 Å². The molecule has 1 aromatic carbocycles. The van der Waals surface area contributed by atoms with Crippen molar-refractivity contribution in [3.05, 3.63) is 35.9 Å². The average molecular weight is 516 g/mol. The highest BCUT2D eigenvalue weighted by Crippen LogP contribution is 2.14. The first kappa shape index (κ1) is 24.4. The molecule has 3 rings (SSSR count). The van der Waals surface area contributed by atoms with E-state index in [0.29, 0.717) is 12.1 Å². The molecular formula is C22H37IN4O2. The van der Waals surface area contributed by atoms with E-state index < -0.39 is 0 Å². The van der Waals surface area contributed by atoms with E-state index in [1.807, 2.05) is 7.05 Å². The molecule has 0 saturated carbocycles. The second-order valence-electron chi connectivity index (χ2n) is 7.72. The van der Waals surface area contributed by atoms with Gasteiger partial charge in [0.25, 0.3) is 0 Å². The van der Waals surface area contributed by atoms with Gasteiger partial charge in [-0.25, -0.2) is 0 Å².